The first-order valence-electron chi connectivity index (χ1n) is 22.4. The van der Waals surface area contributed by atoms with Gasteiger partial charge in [-0.05, 0) is 75.2 Å². The molecule has 1 aliphatic heterocycles. The summed E-state index contributed by atoms with van der Waals surface area (Å²) in [6.45, 7) is 13.1. The molecule has 9 atom stereocenters. The number of hydrogen-bond acceptors (Lipinski definition) is 12. The molecule has 0 unspecified atom stereocenters. The highest BCUT2D eigenvalue weighted by Crippen LogP contribution is 2.31. The van der Waals surface area contributed by atoms with Crippen LogP contribution in [0, 0.1) is 23.7 Å². The number of benzene rings is 1. The molecule has 0 radical (unpaired) electrons. The highest BCUT2D eigenvalue weighted by molar-refractivity contribution is 7.90. The second-order valence-corrected chi connectivity index (χ2v) is 20.2. The molecular weight excluding hydrogens is 849 g/mol. The molecule has 3 rings (SSSR count). The van der Waals surface area contributed by atoms with Gasteiger partial charge in [-0.15, -0.1) is 0 Å². The molecule has 2 aliphatic rings. The molecule has 5 amide bonds. The third-order valence-electron chi connectivity index (χ3n) is 12.5. The number of nitrogens with one attached hydrogen (secondary N) is 3. The number of carboxylic acids is 1. The van der Waals surface area contributed by atoms with E-state index in [0.717, 1.165) is 0 Å². The summed E-state index contributed by atoms with van der Waals surface area (Å²) in [5.74, 6) is -4.42. The topological polar surface area (TPSA) is 230 Å². The lowest BCUT2D eigenvalue weighted by molar-refractivity contribution is -0.148. The van der Waals surface area contributed by atoms with Gasteiger partial charge in [-0.1, -0.05) is 67.0 Å². The largest absolute Gasteiger partial charge is 0.482 e. The number of likely N-dealkylation sites (tertiary alicyclic amines) is 1. The van der Waals surface area contributed by atoms with Crippen LogP contribution >= 0.6 is 0 Å². The van der Waals surface area contributed by atoms with Crippen LogP contribution in [0.3, 0.4) is 0 Å². The van der Waals surface area contributed by atoms with Crippen molar-refractivity contribution in [2.24, 2.45) is 23.7 Å². The minimum Gasteiger partial charge on any atom is -0.482 e. The van der Waals surface area contributed by atoms with Crippen LogP contribution < -0.4 is 20.1 Å². The lowest BCUT2D eigenvalue weighted by atomic mass is 9.89. The fourth-order valence-corrected chi connectivity index (χ4v) is 10.0. The maximum absolute atomic E-state index is 14.4. The van der Waals surface area contributed by atoms with Gasteiger partial charge in [-0.3, -0.25) is 33.6 Å². The number of sulfonamides is 1. The van der Waals surface area contributed by atoms with Crippen molar-refractivity contribution in [1.29, 1.82) is 0 Å². The number of carboxylic acid groups (broad SMARTS) is 1. The van der Waals surface area contributed by atoms with Crippen LogP contribution in [0.25, 0.3) is 0 Å². The molecular formula is C45H74N6O12S. The van der Waals surface area contributed by atoms with Crippen molar-refractivity contribution >= 4 is 45.5 Å². The lowest BCUT2D eigenvalue weighted by Crippen LogP contribution is -2.59. The number of likely N-dealkylation sites (N-methyl/N-ethyl adjacent to an activating group) is 2. The van der Waals surface area contributed by atoms with Gasteiger partial charge in [-0.2, -0.15) is 0 Å². The van der Waals surface area contributed by atoms with Gasteiger partial charge in [0.05, 0.1) is 47.9 Å². The predicted octanol–water partition coefficient (Wildman–Crippen LogP) is 2.43. The Morgan fingerprint density at radius 2 is 1.48 bits per heavy atom. The van der Waals surface area contributed by atoms with Crippen molar-refractivity contribution in [3.63, 3.8) is 0 Å². The Morgan fingerprint density at radius 1 is 0.859 bits per heavy atom. The number of rotatable bonds is 26. The second kappa shape index (κ2) is 24.3. The maximum atomic E-state index is 14.4. The van der Waals surface area contributed by atoms with Gasteiger partial charge in [0.1, 0.15) is 17.8 Å². The highest BCUT2D eigenvalue weighted by Gasteiger charge is 2.44. The first-order chi connectivity index (χ1) is 30.0. The minimum absolute atomic E-state index is 0.00293. The fraction of sp³-hybridized carbons (Fsp3) is 0.733. The first-order valence-corrected chi connectivity index (χ1v) is 23.9. The van der Waals surface area contributed by atoms with Crippen molar-refractivity contribution in [2.75, 3.05) is 48.5 Å². The Morgan fingerprint density at radius 3 is 1.98 bits per heavy atom. The predicted molar refractivity (Wildman–Crippen MR) is 240 cm³/mol. The molecule has 1 saturated heterocycles. The zero-order valence-corrected chi connectivity index (χ0v) is 40.6. The molecule has 362 valence electrons. The molecule has 1 aromatic carbocycles. The number of hydrogen-bond donors (Lipinski definition) is 4. The Bertz CT molecular complexity index is 1850. The number of amides is 5. The van der Waals surface area contributed by atoms with E-state index in [2.05, 4.69) is 15.4 Å². The van der Waals surface area contributed by atoms with Gasteiger partial charge in [0.15, 0.2) is 6.61 Å². The van der Waals surface area contributed by atoms with Crippen LogP contribution in [0.15, 0.2) is 24.3 Å². The third kappa shape index (κ3) is 14.6. The van der Waals surface area contributed by atoms with Crippen LogP contribution in [-0.4, -0.2) is 160 Å². The van der Waals surface area contributed by atoms with E-state index in [9.17, 15) is 37.2 Å². The monoisotopic (exact) mass is 923 g/mol. The average molecular weight is 923 g/mol. The van der Waals surface area contributed by atoms with Gasteiger partial charge in [0.2, 0.25) is 33.7 Å². The number of ether oxygens (including phenoxy) is 3. The van der Waals surface area contributed by atoms with Crippen molar-refractivity contribution in [3.8, 4) is 5.75 Å². The molecule has 64 heavy (non-hydrogen) atoms. The summed E-state index contributed by atoms with van der Waals surface area (Å²) in [6, 6.07) is 2.54. The molecule has 4 N–H and O–H groups in total. The van der Waals surface area contributed by atoms with Crippen molar-refractivity contribution < 1.29 is 56.5 Å². The first kappa shape index (κ1) is 54.0. The van der Waals surface area contributed by atoms with Crippen LogP contribution in [0.4, 0.5) is 0 Å². The molecule has 0 bridgehead atoms. The molecule has 19 heteroatoms. The van der Waals surface area contributed by atoms with Crippen LogP contribution in [-0.2, 0) is 54.7 Å². The molecule has 2 fully saturated rings. The SMILES string of the molecule is CC[C@H](C)[C@@H]([C@@H](CC(=O)N1CCC[C@H]1[C@H](OC)[C@@H](C)C(=O)N[C@@H](Cc1ccc(OCC(=O)O)cc1)C(=O)NS(=O)(=O)C1CC1)OC)N(C)C(=O)[C@@H](NC(=O)[C@H](C(C)C)N(C)C)C(C)C. The Balaban J connectivity index is 1.82. The fourth-order valence-electron chi connectivity index (χ4n) is 8.70. The third-order valence-corrected chi connectivity index (χ3v) is 14.3. The number of carbonyl (C=O) groups excluding carboxylic acids is 5. The van der Waals surface area contributed by atoms with E-state index in [0.29, 0.717) is 44.2 Å². The summed E-state index contributed by atoms with van der Waals surface area (Å²) < 4.78 is 44.9. The van der Waals surface area contributed by atoms with E-state index in [-0.39, 0.29) is 54.1 Å². The highest BCUT2D eigenvalue weighted by atomic mass is 32.2. The van der Waals surface area contributed by atoms with Crippen molar-refractivity contribution in [2.45, 2.75) is 141 Å². The number of nitrogens with zero attached hydrogens (tertiary/aromatic N) is 3. The van der Waals surface area contributed by atoms with Crippen LogP contribution in [0.1, 0.15) is 92.6 Å². The summed E-state index contributed by atoms with van der Waals surface area (Å²) in [7, 11) is 4.34. The normalized spacial score (nSPS) is 19.2. The molecule has 1 aliphatic carbocycles. The molecule has 0 aromatic heterocycles. The quantitative estimate of drug-likeness (QED) is 0.105. The van der Waals surface area contributed by atoms with Gasteiger partial charge < -0.3 is 39.8 Å². The molecule has 1 aromatic rings. The van der Waals surface area contributed by atoms with E-state index in [4.69, 9.17) is 19.3 Å². The average Bonchev–Trinajstić information content (AvgIpc) is 3.99. The van der Waals surface area contributed by atoms with E-state index in [1.807, 2.05) is 60.5 Å². The summed E-state index contributed by atoms with van der Waals surface area (Å²) in [4.78, 5) is 85.8. The Hall–Kier alpha value is -4.33. The Labute approximate surface area is 379 Å². The van der Waals surface area contributed by atoms with E-state index in [1.54, 1.807) is 35.9 Å². The molecule has 1 saturated carbocycles. The van der Waals surface area contributed by atoms with Gasteiger partial charge >= 0.3 is 5.97 Å². The molecule has 1 heterocycles. The zero-order valence-electron chi connectivity index (χ0n) is 39.8. The summed E-state index contributed by atoms with van der Waals surface area (Å²) in [6.07, 6.45) is 0.952. The summed E-state index contributed by atoms with van der Waals surface area (Å²) in [5, 5.41) is 14.0. The lowest BCUT2D eigenvalue weighted by Gasteiger charge is -2.41. The van der Waals surface area contributed by atoms with E-state index >= 15 is 0 Å². The number of aliphatic carboxylic acids is 1. The molecule has 18 nitrogen and oxygen atoms in total. The van der Waals surface area contributed by atoms with Gasteiger partial charge in [0, 0.05) is 34.2 Å². The van der Waals surface area contributed by atoms with E-state index in [1.165, 1.54) is 26.4 Å². The van der Waals surface area contributed by atoms with Gasteiger partial charge in [-0.25, -0.2) is 13.2 Å². The maximum Gasteiger partial charge on any atom is 0.341 e. The second-order valence-electron chi connectivity index (χ2n) is 18.3. The summed E-state index contributed by atoms with van der Waals surface area (Å²) >= 11 is 0. The van der Waals surface area contributed by atoms with Crippen molar-refractivity contribution in [1.82, 2.24) is 30.1 Å². The van der Waals surface area contributed by atoms with Crippen molar-refractivity contribution in [3.05, 3.63) is 29.8 Å². The molecule has 0 spiro atoms. The Kier molecular flexibility index (Phi) is 20.5. The standard InChI is InChI=1S/C45H74N6O12S/c1-13-28(6)40(50(10)45(58)38(26(2)3)47-44(57)39(27(4)5)49(8)9)35(61-11)24-36(52)51-22-14-15-34(51)41(62-12)29(7)42(55)46-33(43(56)48-64(59,60)32-20-21-32)23-30-16-18-31(19-17-30)63-25-37(53)54/h16-19,26-29,32-35,38-41H,13-15,20-25H2,1-12H3,(H,46,55)(H,47,57)(H,48,56)(H,53,54)/t28-,29+,33-,34-,35+,38-,39-,40-,41+/m0/s1. The van der Waals surface area contributed by atoms with Crippen LogP contribution in [0.2, 0.25) is 0 Å². The van der Waals surface area contributed by atoms with Gasteiger partial charge in [0.25, 0.3) is 5.91 Å². The number of carbonyl (C=O) groups is 6. The number of methoxy groups -OCH3 is 2. The minimum atomic E-state index is -3.96. The smallest absolute Gasteiger partial charge is 0.341 e. The summed E-state index contributed by atoms with van der Waals surface area (Å²) in [5.41, 5.74) is 0.541. The van der Waals surface area contributed by atoms with Crippen LogP contribution in [0.5, 0.6) is 5.75 Å². The zero-order chi connectivity index (χ0) is 48.2. The van der Waals surface area contributed by atoms with E-state index < -0.39 is 88.0 Å².